The van der Waals surface area contributed by atoms with Crippen LogP contribution in [0.2, 0.25) is 0 Å². The van der Waals surface area contributed by atoms with E-state index >= 15 is 0 Å². The topological polar surface area (TPSA) is 135 Å². The standard InChI is InChI=1S/C42H56N6O5S2/c1-28(2)24-52-30(5)38(47-41(50)48(36-18-19-36)23-35-26-54-40(45-35)29(3)4)39(49)44-33(20-31-12-8-6-9-13-31)16-17-34(21-32-14-10-7-11-15-32)46-42(51)53-25-37-22-43-27-55-37/h6-15,22,26-30,33-34,36,38H,16-21,23-25H2,1-5H3,(H,44,49)(H,46,51)(H,47,50). The Hall–Kier alpha value is -4.33. The van der Waals surface area contributed by atoms with Crippen LogP contribution in [0.15, 0.2) is 77.8 Å². The summed E-state index contributed by atoms with van der Waals surface area (Å²) in [6, 6.07) is 18.3. The number of hydrogen-bond acceptors (Lipinski definition) is 9. The highest BCUT2D eigenvalue weighted by Gasteiger charge is 2.37. The average Bonchev–Trinajstić information content (AvgIpc) is 3.64. The Morgan fingerprint density at radius 2 is 1.49 bits per heavy atom. The number of urea groups is 1. The van der Waals surface area contributed by atoms with Gasteiger partial charge in [-0.1, -0.05) is 88.4 Å². The van der Waals surface area contributed by atoms with Crippen LogP contribution >= 0.6 is 22.7 Å². The summed E-state index contributed by atoms with van der Waals surface area (Å²) in [5, 5.41) is 12.5. The molecule has 1 fully saturated rings. The van der Waals surface area contributed by atoms with E-state index in [1.807, 2.05) is 77.9 Å². The number of carbonyl (C=O) groups is 3. The van der Waals surface area contributed by atoms with Crippen molar-refractivity contribution in [1.82, 2.24) is 30.8 Å². The first-order chi connectivity index (χ1) is 26.5. The first-order valence-electron chi connectivity index (χ1n) is 19.4. The number of amides is 4. The summed E-state index contributed by atoms with van der Waals surface area (Å²) in [4.78, 5) is 52.9. The quantitative estimate of drug-likeness (QED) is 0.0783. The molecule has 11 nitrogen and oxygen atoms in total. The molecule has 0 bridgehead atoms. The Labute approximate surface area is 333 Å². The molecule has 5 rings (SSSR count). The third-order valence-electron chi connectivity index (χ3n) is 9.38. The van der Waals surface area contributed by atoms with Gasteiger partial charge in [-0.05, 0) is 62.5 Å². The fourth-order valence-electron chi connectivity index (χ4n) is 6.24. The highest BCUT2D eigenvalue weighted by Crippen LogP contribution is 2.29. The fourth-order valence-corrected chi connectivity index (χ4v) is 7.57. The Balaban J connectivity index is 1.31. The number of carbonyl (C=O) groups excluding carboxylic acids is 3. The maximum Gasteiger partial charge on any atom is 0.407 e. The minimum Gasteiger partial charge on any atom is -0.444 e. The molecule has 296 valence electrons. The summed E-state index contributed by atoms with van der Waals surface area (Å²) >= 11 is 3.04. The molecule has 0 spiro atoms. The summed E-state index contributed by atoms with van der Waals surface area (Å²) in [5.74, 6) is 0.247. The van der Waals surface area contributed by atoms with E-state index in [1.54, 1.807) is 23.0 Å². The molecule has 0 radical (unpaired) electrons. The smallest absolute Gasteiger partial charge is 0.407 e. The van der Waals surface area contributed by atoms with Crippen molar-refractivity contribution in [3.05, 3.63) is 104 Å². The van der Waals surface area contributed by atoms with Crippen LogP contribution in [0.4, 0.5) is 9.59 Å². The van der Waals surface area contributed by atoms with Crippen molar-refractivity contribution in [1.29, 1.82) is 0 Å². The number of ether oxygens (including phenoxy) is 2. The number of thiazole rings is 2. The Morgan fingerprint density at radius 3 is 2.04 bits per heavy atom. The largest absolute Gasteiger partial charge is 0.444 e. The Bertz CT molecular complexity index is 1750. The molecule has 1 aliphatic rings. The molecule has 1 saturated carbocycles. The van der Waals surface area contributed by atoms with Crippen molar-refractivity contribution in [2.75, 3.05) is 6.61 Å². The molecule has 13 heteroatoms. The molecule has 4 atom stereocenters. The number of alkyl carbamates (subject to hydrolysis) is 1. The van der Waals surface area contributed by atoms with Gasteiger partial charge >= 0.3 is 12.1 Å². The van der Waals surface area contributed by atoms with Crippen LogP contribution < -0.4 is 16.0 Å². The van der Waals surface area contributed by atoms with Crippen molar-refractivity contribution >= 4 is 40.7 Å². The van der Waals surface area contributed by atoms with E-state index in [0.29, 0.717) is 44.8 Å². The summed E-state index contributed by atoms with van der Waals surface area (Å²) in [5.41, 5.74) is 4.71. The molecule has 2 aromatic heterocycles. The minimum absolute atomic E-state index is 0.105. The van der Waals surface area contributed by atoms with Gasteiger partial charge in [-0.25, -0.2) is 14.6 Å². The molecule has 4 amide bonds. The van der Waals surface area contributed by atoms with Crippen molar-refractivity contribution in [3.63, 3.8) is 0 Å². The van der Waals surface area contributed by atoms with Gasteiger partial charge < -0.3 is 30.3 Å². The Kier molecular flexibility index (Phi) is 16.0. The zero-order valence-electron chi connectivity index (χ0n) is 32.6. The Morgan fingerprint density at radius 1 is 0.855 bits per heavy atom. The van der Waals surface area contributed by atoms with Gasteiger partial charge in [0.25, 0.3) is 0 Å². The van der Waals surface area contributed by atoms with Gasteiger partial charge in [-0.15, -0.1) is 22.7 Å². The first kappa shape index (κ1) is 41.8. The van der Waals surface area contributed by atoms with E-state index in [0.717, 1.165) is 39.5 Å². The third-order valence-corrected chi connectivity index (χ3v) is 11.3. The lowest BCUT2D eigenvalue weighted by Crippen LogP contribution is -2.58. The molecule has 0 saturated heterocycles. The van der Waals surface area contributed by atoms with Crippen LogP contribution in [0.1, 0.15) is 92.9 Å². The monoisotopic (exact) mass is 788 g/mol. The predicted octanol–water partition coefficient (Wildman–Crippen LogP) is 7.87. The van der Waals surface area contributed by atoms with Gasteiger partial charge in [0.2, 0.25) is 5.91 Å². The summed E-state index contributed by atoms with van der Waals surface area (Å²) in [6.07, 6.45) is 4.72. The van der Waals surface area contributed by atoms with Gasteiger partial charge in [-0.2, -0.15) is 0 Å². The molecular weight excluding hydrogens is 733 g/mol. The number of rotatable bonds is 21. The van der Waals surface area contributed by atoms with Crippen molar-refractivity contribution in [2.24, 2.45) is 5.92 Å². The number of aromatic nitrogens is 2. The minimum atomic E-state index is -0.938. The van der Waals surface area contributed by atoms with Crippen LogP contribution in [0.3, 0.4) is 0 Å². The third kappa shape index (κ3) is 14.0. The molecule has 2 aromatic carbocycles. The van der Waals surface area contributed by atoms with Gasteiger partial charge in [0.1, 0.15) is 12.6 Å². The van der Waals surface area contributed by atoms with E-state index in [1.165, 1.54) is 11.3 Å². The summed E-state index contributed by atoms with van der Waals surface area (Å²) in [6.45, 7) is 11.2. The predicted molar refractivity (Wildman–Crippen MR) is 218 cm³/mol. The molecule has 55 heavy (non-hydrogen) atoms. The maximum absolute atomic E-state index is 14.4. The van der Waals surface area contributed by atoms with Crippen LogP contribution in [-0.4, -0.2) is 69.8 Å². The van der Waals surface area contributed by atoms with Crippen LogP contribution in [-0.2, 0) is 40.3 Å². The van der Waals surface area contributed by atoms with E-state index in [4.69, 9.17) is 14.5 Å². The van der Waals surface area contributed by atoms with E-state index in [2.05, 4.69) is 48.6 Å². The lowest BCUT2D eigenvalue weighted by Gasteiger charge is -2.31. The molecular formula is C42H56N6O5S2. The normalized spacial score (nSPS) is 14.9. The van der Waals surface area contributed by atoms with E-state index in [-0.39, 0.29) is 42.6 Å². The SMILES string of the molecule is CC(C)COC(C)C(NC(=O)N(Cc1csc(C(C)C)n1)C1CC1)C(=O)NC(CCC(Cc1ccccc1)NC(=O)OCc1cncs1)Cc1ccccc1. The summed E-state index contributed by atoms with van der Waals surface area (Å²) < 4.78 is 11.7. The van der Waals surface area contributed by atoms with Crippen molar-refractivity contribution in [2.45, 2.75) is 122 Å². The van der Waals surface area contributed by atoms with Gasteiger partial charge in [0, 0.05) is 42.2 Å². The average molecular weight is 789 g/mol. The second-order valence-electron chi connectivity index (χ2n) is 15.1. The summed E-state index contributed by atoms with van der Waals surface area (Å²) in [7, 11) is 0. The number of hydrogen-bond donors (Lipinski definition) is 3. The van der Waals surface area contributed by atoms with Crippen LogP contribution in [0.25, 0.3) is 0 Å². The molecule has 0 aliphatic heterocycles. The molecule has 4 unspecified atom stereocenters. The second kappa shape index (κ2) is 21.1. The van der Waals surface area contributed by atoms with Gasteiger partial charge in [0.15, 0.2) is 0 Å². The van der Waals surface area contributed by atoms with Crippen LogP contribution in [0.5, 0.6) is 0 Å². The molecule has 4 aromatic rings. The molecule has 3 N–H and O–H groups in total. The van der Waals surface area contributed by atoms with Crippen LogP contribution in [0, 0.1) is 5.92 Å². The highest BCUT2D eigenvalue weighted by atomic mass is 32.1. The lowest BCUT2D eigenvalue weighted by molar-refractivity contribution is -0.127. The van der Waals surface area contributed by atoms with Crippen molar-refractivity contribution in [3.8, 4) is 0 Å². The fraction of sp³-hybridized carbons (Fsp3) is 0.500. The van der Waals surface area contributed by atoms with Crippen molar-refractivity contribution < 1.29 is 23.9 Å². The van der Waals surface area contributed by atoms with Gasteiger partial charge in [0.05, 0.1) is 33.7 Å². The maximum atomic E-state index is 14.4. The molecule has 1 aliphatic carbocycles. The zero-order chi connectivity index (χ0) is 39.2. The number of benzene rings is 2. The van der Waals surface area contributed by atoms with E-state index in [9.17, 15) is 14.4 Å². The highest BCUT2D eigenvalue weighted by molar-refractivity contribution is 7.09. The van der Waals surface area contributed by atoms with Gasteiger partial charge in [-0.3, -0.25) is 9.78 Å². The zero-order valence-corrected chi connectivity index (χ0v) is 34.2. The number of nitrogens with zero attached hydrogens (tertiary/aromatic N) is 3. The van der Waals surface area contributed by atoms with E-state index < -0.39 is 18.2 Å². The molecule has 2 heterocycles. The lowest BCUT2D eigenvalue weighted by atomic mass is 9.95. The first-order valence-corrected chi connectivity index (χ1v) is 21.1. The second-order valence-corrected chi connectivity index (χ2v) is 17.0. The number of nitrogens with one attached hydrogen (secondary N) is 3.